The maximum atomic E-state index is 11.0. The van der Waals surface area contributed by atoms with Crippen LogP contribution in [-0.4, -0.2) is 16.9 Å². The van der Waals surface area contributed by atoms with Crippen LogP contribution in [0.2, 0.25) is 4.34 Å². The minimum absolute atomic E-state index is 0.0716. The Morgan fingerprint density at radius 1 is 1.53 bits per heavy atom. The molecule has 0 unspecified atom stereocenters. The molecule has 3 N–H and O–H groups in total. The molecule has 0 bridgehead atoms. The Morgan fingerprint density at radius 2 is 2.24 bits per heavy atom. The quantitative estimate of drug-likeness (QED) is 0.881. The third-order valence-electron chi connectivity index (χ3n) is 3.20. The van der Waals surface area contributed by atoms with Crippen LogP contribution in [0.4, 0.5) is 0 Å². The molecule has 6 heteroatoms. The van der Waals surface area contributed by atoms with Crippen molar-refractivity contribution >= 4 is 28.8 Å². The topological polar surface area (TPSA) is 68.0 Å². The fourth-order valence-electron chi connectivity index (χ4n) is 2.18. The normalized spacial score (nSPS) is 24.8. The third kappa shape index (κ3) is 3.66. The molecular weight excluding hydrogens is 258 g/mol. The van der Waals surface area contributed by atoms with E-state index >= 15 is 0 Å². The number of rotatable bonds is 4. The second-order valence-corrected chi connectivity index (χ2v) is 6.14. The van der Waals surface area contributed by atoms with Gasteiger partial charge in [-0.3, -0.25) is 4.79 Å². The molecule has 1 aliphatic rings. The number of primary amides is 1. The van der Waals surface area contributed by atoms with Gasteiger partial charge in [0.2, 0.25) is 5.91 Å². The lowest BCUT2D eigenvalue weighted by molar-refractivity contribution is -0.122. The summed E-state index contributed by atoms with van der Waals surface area (Å²) in [7, 11) is 0. The van der Waals surface area contributed by atoms with Crippen LogP contribution in [0.25, 0.3) is 0 Å². The first-order valence-electron chi connectivity index (χ1n) is 5.78. The highest BCUT2D eigenvalue weighted by molar-refractivity contribution is 7.15. The van der Waals surface area contributed by atoms with Crippen LogP contribution in [0.15, 0.2) is 6.20 Å². The second-order valence-electron chi connectivity index (χ2n) is 4.39. The number of carbonyl (C=O) groups is 1. The molecule has 0 aliphatic heterocycles. The van der Waals surface area contributed by atoms with Crippen LogP contribution in [0, 0.1) is 5.92 Å². The van der Waals surface area contributed by atoms with E-state index in [0.29, 0.717) is 6.04 Å². The number of thiazole rings is 1. The molecule has 1 amide bonds. The van der Waals surface area contributed by atoms with E-state index in [9.17, 15) is 4.79 Å². The van der Waals surface area contributed by atoms with Crippen LogP contribution in [0.3, 0.4) is 0 Å². The molecule has 4 nitrogen and oxygen atoms in total. The minimum atomic E-state index is -0.157. The highest BCUT2D eigenvalue weighted by atomic mass is 35.5. The number of hydrogen-bond donors (Lipinski definition) is 2. The molecule has 0 aromatic carbocycles. The van der Waals surface area contributed by atoms with Crippen molar-refractivity contribution in [2.75, 3.05) is 0 Å². The summed E-state index contributed by atoms with van der Waals surface area (Å²) in [6.07, 6.45) is 5.48. The van der Waals surface area contributed by atoms with Crippen molar-refractivity contribution < 1.29 is 4.79 Å². The zero-order valence-electron chi connectivity index (χ0n) is 9.49. The Bertz CT molecular complexity index is 388. The average Bonchev–Trinajstić information content (AvgIpc) is 2.73. The Morgan fingerprint density at radius 3 is 2.76 bits per heavy atom. The summed E-state index contributed by atoms with van der Waals surface area (Å²) in [5, 5.41) is 4.45. The van der Waals surface area contributed by atoms with E-state index in [4.69, 9.17) is 17.3 Å². The van der Waals surface area contributed by atoms with Gasteiger partial charge in [0.25, 0.3) is 0 Å². The van der Waals surface area contributed by atoms with E-state index in [1.165, 1.54) is 11.3 Å². The summed E-state index contributed by atoms with van der Waals surface area (Å²) in [6, 6.07) is 0.466. The average molecular weight is 274 g/mol. The number of nitrogens with one attached hydrogen (secondary N) is 1. The minimum Gasteiger partial charge on any atom is -0.369 e. The second kappa shape index (κ2) is 5.80. The third-order valence-corrected chi connectivity index (χ3v) is 4.31. The molecule has 0 spiro atoms. The van der Waals surface area contributed by atoms with E-state index < -0.39 is 0 Å². The van der Waals surface area contributed by atoms with Crippen LogP contribution in [0.1, 0.15) is 30.7 Å². The molecule has 1 heterocycles. The van der Waals surface area contributed by atoms with Crippen molar-refractivity contribution in [3.63, 3.8) is 0 Å². The maximum absolute atomic E-state index is 11.0. The van der Waals surface area contributed by atoms with Crippen molar-refractivity contribution in [2.24, 2.45) is 11.7 Å². The smallest absolute Gasteiger partial charge is 0.220 e. The first-order chi connectivity index (χ1) is 8.15. The predicted octanol–water partition coefficient (Wildman–Crippen LogP) is 1.93. The molecule has 17 heavy (non-hydrogen) atoms. The molecule has 1 fully saturated rings. The molecule has 0 saturated heterocycles. The number of nitrogens with two attached hydrogens (primary N) is 1. The highest BCUT2D eigenvalue weighted by Gasteiger charge is 2.24. The largest absolute Gasteiger partial charge is 0.369 e. The van der Waals surface area contributed by atoms with Gasteiger partial charge in [-0.25, -0.2) is 4.98 Å². The number of halogens is 1. The fraction of sp³-hybridized carbons (Fsp3) is 0.636. The van der Waals surface area contributed by atoms with Crippen LogP contribution in [0.5, 0.6) is 0 Å². The van der Waals surface area contributed by atoms with Gasteiger partial charge in [0.1, 0.15) is 9.34 Å². The zero-order chi connectivity index (χ0) is 12.3. The molecule has 2 rings (SSSR count). The van der Waals surface area contributed by atoms with Crippen molar-refractivity contribution in [1.29, 1.82) is 0 Å². The highest BCUT2D eigenvalue weighted by Crippen LogP contribution is 2.24. The monoisotopic (exact) mass is 273 g/mol. The van der Waals surface area contributed by atoms with E-state index in [1.807, 2.05) is 0 Å². The molecule has 1 aliphatic carbocycles. The zero-order valence-corrected chi connectivity index (χ0v) is 11.1. The number of nitrogens with zero attached hydrogens (tertiary/aromatic N) is 1. The number of amides is 1. The molecule has 1 aromatic heterocycles. The lowest BCUT2D eigenvalue weighted by Gasteiger charge is -2.27. The molecule has 1 saturated carbocycles. The van der Waals surface area contributed by atoms with Gasteiger partial charge in [0.05, 0.1) is 6.20 Å². The molecular formula is C11H16ClN3OS. The standard InChI is InChI=1S/C11H16ClN3OS/c12-9-5-15-10(17-9)6-14-8-3-1-7(2-4-8)11(13)16/h5,7-8,14H,1-4,6H2,(H2,13,16). The van der Waals surface area contributed by atoms with Gasteiger partial charge < -0.3 is 11.1 Å². The van der Waals surface area contributed by atoms with Crippen molar-refractivity contribution in [3.05, 3.63) is 15.5 Å². The number of aromatic nitrogens is 1. The maximum Gasteiger partial charge on any atom is 0.220 e. The van der Waals surface area contributed by atoms with Crippen LogP contribution >= 0.6 is 22.9 Å². The predicted molar refractivity (Wildman–Crippen MR) is 68.9 cm³/mol. The van der Waals surface area contributed by atoms with Gasteiger partial charge in [0, 0.05) is 18.5 Å². The van der Waals surface area contributed by atoms with E-state index in [0.717, 1.165) is 41.6 Å². The number of carbonyl (C=O) groups excluding carboxylic acids is 1. The fourth-order valence-corrected chi connectivity index (χ4v) is 3.09. The van der Waals surface area contributed by atoms with Crippen molar-refractivity contribution in [1.82, 2.24) is 10.3 Å². The molecule has 1 aromatic rings. The summed E-state index contributed by atoms with van der Waals surface area (Å²) in [4.78, 5) is 15.2. The summed E-state index contributed by atoms with van der Waals surface area (Å²) >= 11 is 7.31. The van der Waals surface area contributed by atoms with Crippen LogP contribution < -0.4 is 11.1 Å². The Hall–Kier alpha value is -0.650. The summed E-state index contributed by atoms with van der Waals surface area (Å²) in [5.41, 5.74) is 5.30. The van der Waals surface area contributed by atoms with E-state index in [1.54, 1.807) is 6.20 Å². The molecule has 0 atom stereocenters. The molecule has 0 radical (unpaired) electrons. The van der Waals surface area contributed by atoms with Gasteiger partial charge in [-0.05, 0) is 25.7 Å². The van der Waals surface area contributed by atoms with E-state index in [2.05, 4.69) is 10.3 Å². The van der Waals surface area contributed by atoms with Gasteiger partial charge >= 0.3 is 0 Å². The van der Waals surface area contributed by atoms with Gasteiger partial charge in [-0.2, -0.15) is 0 Å². The lowest BCUT2D eigenvalue weighted by atomic mass is 9.85. The Labute approximate surface area is 110 Å². The van der Waals surface area contributed by atoms with Crippen LogP contribution in [-0.2, 0) is 11.3 Å². The summed E-state index contributed by atoms with van der Waals surface area (Å²) in [6.45, 7) is 0.753. The lowest BCUT2D eigenvalue weighted by Crippen LogP contribution is -2.36. The first-order valence-corrected chi connectivity index (χ1v) is 6.97. The SMILES string of the molecule is NC(=O)C1CCC(NCc2ncc(Cl)s2)CC1. The van der Waals surface area contributed by atoms with Gasteiger partial charge in [0.15, 0.2) is 0 Å². The Kier molecular flexibility index (Phi) is 4.36. The summed E-state index contributed by atoms with van der Waals surface area (Å²) in [5.74, 6) is -0.0856. The van der Waals surface area contributed by atoms with Gasteiger partial charge in [-0.1, -0.05) is 11.6 Å². The Balaban J connectivity index is 1.73. The van der Waals surface area contributed by atoms with Crippen molar-refractivity contribution in [2.45, 2.75) is 38.3 Å². The van der Waals surface area contributed by atoms with Gasteiger partial charge in [-0.15, -0.1) is 11.3 Å². The van der Waals surface area contributed by atoms with E-state index in [-0.39, 0.29) is 11.8 Å². The van der Waals surface area contributed by atoms with Crippen molar-refractivity contribution in [3.8, 4) is 0 Å². The summed E-state index contributed by atoms with van der Waals surface area (Å²) < 4.78 is 0.722. The first kappa shape index (κ1) is 12.8. The molecule has 94 valence electrons. The number of hydrogen-bond acceptors (Lipinski definition) is 4.